The Bertz CT molecular complexity index is 636. The molecule has 1 nitrogen and oxygen atoms in total. The zero-order chi connectivity index (χ0) is 16.4. The van der Waals surface area contributed by atoms with Gasteiger partial charge < -0.3 is 4.90 Å². The van der Waals surface area contributed by atoms with E-state index in [1.807, 2.05) is 0 Å². The summed E-state index contributed by atoms with van der Waals surface area (Å²) in [5.41, 5.74) is 3.06. The average Bonchev–Trinajstić information content (AvgIpc) is 2.88. The van der Waals surface area contributed by atoms with Crippen LogP contribution in [0.1, 0.15) is 49.1 Å². The summed E-state index contributed by atoms with van der Waals surface area (Å²) in [6.07, 6.45) is 8.05. The molecule has 2 aliphatic rings. The maximum atomic E-state index is 2.70. The molecule has 0 radical (unpaired) electrons. The van der Waals surface area contributed by atoms with Gasteiger partial charge in [-0.1, -0.05) is 60.7 Å². The Morgan fingerprint density at radius 1 is 0.917 bits per heavy atom. The molecule has 2 bridgehead atoms. The third-order valence-electron chi connectivity index (χ3n) is 6.51. The number of hydrogen-bond acceptors (Lipinski definition) is 1. The van der Waals surface area contributed by atoms with Crippen LogP contribution in [-0.2, 0) is 6.42 Å². The second-order valence-corrected chi connectivity index (χ2v) is 7.76. The van der Waals surface area contributed by atoms with E-state index in [0.717, 1.165) is 23.9 Å². The number of piperidine rings is 1. The molecule has 2 heterocycles. The van der Waals surface area contributed by atoms with E-state index < -0.39 is 0 Å². The lowest BCUT2D eigenvalue weighted by Gasteiger charge is -2.43. The Morgan fingerprint density at radius 2 is 1.62 bits per heavy atom. The fraction of sp³-hybridized carbons (Fsp3) is 0.478. The van der Waals surface area contributed by atoms with Crippen molar-refractivity contribution in [3.05, 3.63) is 71.8 Å². The monoisotopic (exact) mass is 319 g/mol. The molecular formula is C23H29N. The SMILES string of the molecule is CN1C2CCC1[C@@H](CCCc1ccccc1)[C@@H](c1ccccc1)C2. The molecule has 2 unspecified atom stereocenters. The van der Waals surface area contributed by atoms with Crippen molar-refractivity contribution in [1.82, 2.24) is 4.90 Å². The standard InChI is InChI=1S/C23H29N/c1-24-20-15-16-23(24)21(14-8-11-18-9-4-2-5-10-18)22(17-20)19-12-6-3-7-13-19/h2-7,9-10,12-13,20-23H,8,11,14-17H2,1H3/t20?,21-,22+,23?/m0/s1. The molecule has 4 rings (SSSR count). The lowest BCUT2D eigenvalue weighted by molar-refractivity contribution is 0.0933. The summed E-state index contributed by atoms with van der Waals surface area (Å²) in [6, 6.07) is 23.9. The predicted octanol–water partition coefficient (Wildman–Crippen LogP) is 5.28. The lowest BCUT2D eigenvalue weighted by Crippen LogP contribution is -2.45. The number of aryl methyl sites for hydroxylation is 1. The molecule has 0 saturated carbocycles. The van der Waals surface area contributed by atoms with Crippen molar-refractivity contribution < 1.29 is 0 Å². The van der Waals surface area contributed by atoms with Gasteiger partial charge in [0.15, 0.2) is 0 Å². The van der Waals surface area contributed by atoms with E-state index in [9.17, 15) is 0 Å². The van der Waals surface area contributed by atoms with Crippen LogP contribution in [-0.4, -0.2) is 24.0 Å². The second kappa shape index (κ2) is 7.11. The molecule has 2 aromatic carbocycles. The lowest BCUT2D eigenvalue weighted by atomic mass is 9.74. The Kier molecular flexibility index (Phi) is 4.71. The number of benzene rings is 2. The van der Waals surface area contributed by atoms with Crippen LogP contribution < -0.4 is 0 Å². The molecular weight excluding hydrogens is 290 g/mol. The van der Waals surface area contributed by atoms with E-state index >= 15 is 0 Å². The number of fused-ring (bicyclic) bond motifs is 2. The minimum Gasteiger partial charge on any atom is -0.300 e. The van der Waals surface area contributed by atoms with Crippen LogP contribution in [0, 0.1) is 5.92 Å². The second-order valence-electron chi connectivity index (χ2n) is 7.76. The van der Waals surface area contributed by atoms with Crippen molar-refractivity contribution in [1.29, 1.82) is 0 Å². The topological polar surface area (TPSA) is 3.24 Å². The molecule has 1 heteroatoms. The maximum absolute atomic E-state index is 2.70. The highest BCUT2D eigenvalue weighted by Crippen LogP contribution is 2.47. The van der Waals surface area contributed by atoms with Crippen molar-refractivity contribution in [2.24, 2.45) is 5.92 Å². The Labute approximate surface area is 146 Å². The van der Waals surface area contributed by atoms with Crippen LogP contribution in [0.4, 0.5) is 0 Å². The highest BCUT2D eigenvalue weighted by atomic mass is 15.2. The Hall–Kier alpha value is -1.60. The number of hydrogen-bond donors (Lipinski definition) is 0. The molecule has 24 heavy (non-hydrogen) atoms. The van der Waals surface area contributed by atoms with Crippen molar-refractivity contribution in [3.8, 4) is 0 Å². The van der Waals surface area contributed by atoms with Gasteiger partial charge in [-0.2, -0.15) is 0 Å². The number of rotatable bonds is 5. The van der Waals surface area contributed by atoms with Crippen molar-refractivity contribution in [3.63, 3.8) is 0 Å². The normalized spacial score (nSPS) is 29.7. The van der Waals surface area contributed by atoms with Crippen LogP contribution in [0.15, 0.2) is 60.7 Å². The molecule has 0 aliphatic carbocycles. The van der Waals surface area contributed by atoms with Crippen LogP contribution in [0.25, 0.3) is 0 Å². The van der Waals surface area contributed by atoms with Gasteiger partial charge in [0.1, 0.15) is 0 Å². The van der Waals surface area contributed by atoms with E-state index in [2.05, 4.69) is 72.6 Å². The van der Waals surface area contributed by atoms with Crippen LogP contribution in [0.2, 0.25) is 0 Å². The Balaban J connectivity index is 1.48. The zero-order valence-electron chi connectivity index (χ0n) is 14.8. The van der Waals surface area contributed by atoms with Crippen molar-refractivity contribution >= 4 is 0 Å². The van der Waals surface area contributed by atoms with Gasteiger partial charge in [0.05, 0.1) is 0 Å². The van der Waals surface area contributed by atoms with Gasteiger partial charge in [0.2, 0.25) is 0 Å². The molecule has 0 spiro atoms. The quantitative estimate of drug-likeness (QED) is 0.725. The van der Waals surface area contributed by atoms with E-state index in [4.69, 9.17) is 0 Å². The summed E-state index contributed by atoms with van der Waals surface area (Å²) in [5, 5.41) is 0. The molecule has 126 valence electrons. The van der Waals surface area contributed by atoms with Gasteiger partial charge >= 0.3 is 0 Å². The Morgan fingerprint density at radius 3 is 2.38 bits per heavy atom. The minimum absolute atomic E-state index is 0.760. The average molecular weight is 319 g/mol. The van der Waals surface area contributed by atoms with E-state index in [-0.39, 0.29) is 0 Å². The van der Waals surface area contributed by atoms with Crippen LogP contribution in [0.5, 0.6) is 0 Å². The van der Waals surface area contributed by atoms with Crippen molar-refractivity contribution in [2.75, 3.05) is 7.05 Å². The summed E-state index contributed by atoms with van der Waals surface area (Å²) in [7, 11) is 2.37. The molecule has 2 fully saturated rings. The predicted molar refractivity (Wildman–Crippen MR) is 101 cm³/mol. The first-order chi connectivity index (χ1) is 11.8. The van der Waals surface area contributed by atoms with E-state index in [0.29, 0.717) is 0 Å². The molecule has 0 aromatic heterocycles. The van der Waals surface area contributed by atoms with Crippen LogP contribution in [0.3, 0.4) is 0 Å². The fourth-order valence-corrected chi connectivity index (χ4v) is 5.24. The molecule has 0 N–H and O–H groups in total. The zero-order valence-corrected chi connectivity index (χ0v) is 14.8. The van der Waals surface area contributed by atoms with Gasteiger partial charge in [-0.3, -0.25) is 0 Å². The van der Waals surface area contributed by atoms with E-state index in [1.54, 1.807) is 5.56 Å². The maximum Gasteiger partial charge on any atom is 0.0130 e. The molecule has 2 saturated heterocycles. The van der Waals surface area contributed by atoms with Gasteiger partial charge in [0, 0.05) is 12.1 Å². The molecule has 2 aromatic rings. The molecule has 2 aliphatic heterocycles. The number of nitrogens with zero attached hydrogens (tertiary/aromatic N) is 1. The van der Waals surface area contributed by atoms with Gasteiger partial charge in [-0.25, -0.2) is 0 Å². The highest BCUT2D eigenvalue weighted by molar-refractivity contribution is 5.23. The smallest absolute Gasteiger partial charge is 0.0130 e. The summed E-state index contributed by atoms with van der Waals surface area (Å²) in [5.74, 6) is 1.58. The van der Waals surface area contributed by atoms with Crippen molar-refractivity contribution in [2.45, 2.75) is 56.5 Å². The van der Waals surface area contributed by atoms with Gasteiger partial charge in [-0.15, -0.1) is 0 Å². The first kappa shape index (κ1) is 15.9. The molecule has 0 amide bonds. The first-order valence-corrected chi connectivity index (χ1v) is 9.64. The van der Waals surface area contributed by atoms with Crippen LogP contribution >= 0.6 is 0 Å². The largest absolute Gasteiger partial charge is 0.300 e. The highest BCUT2D eigenvalue weighted by Gasteiger charge is 2.45. The molecule has 4 atom stereocenters. The fourth-order valence-electron chi connectivity index (χ4n) is 5.24. The minimum atomic E-state index is 0.760. The van der Waals surface area contributed by atoms with Gasteiger partial charge in [-0.05, 0) is 68.5 Å². The summed E-state index contributed by atoms with van der Waals surface area (Å²) in [4.78, 5) is 2.70. The summed E-state index contributed by atoms with van der Waals surface area (Å²) >= 11 is 0. The first-order valence-electron chi connectivity index (χ1n) is 9.64. The third kappa shape index (κ3) is 3.15. The van der Waals surface area contributed by atoms with Gasteiger partial charge in [0.25, 0.3) is 0 Å². The summed E-state index contributed by atoms with van der Waals surface area (Å²) in [6.45, 7) is 0. The summed E-state index contributed by atoms with van der Waals surface area (Å²) < 4.78 is 0. The third-order valence-corrected chi connectivity index (χ3v) is 6.51. The van der Waals surface area contributed by atoms with E-state index in [1.165, 1.54) is 44.1 Å².